The maximum atomic E-state index is 12.2. The largest absolute Gasteiger partial charge is 0.496 e. The number of anilines is 1. The molecule has 150 valence electrons. The first-order chi connectivity index (χ1) is 14.0. The monoisotopic (exact) mass is 429 g/mol. The molecule has 29 heavy (non-hydrogen) atoms. The third kappa shape index (κ3) is 6.04. The normalized spacial score (nSPS) is 10.4. The molecule has 3 aromatic rings. The average Bonchev–Trinajstić information content (AvgIpc) is 3.18. The lowest BCUT2D eigenvalue weighted by Gasteiger charge is -2.09. The van der Waals surface area contributed by atoms with Crippen molar-refractivity contribution in [1.82, 2.24) is 10.3 Å². The van der Waals surface area contributed by atoms with Gasteiger partial charge in [0, 0.05) is 34.5 Å². The van der Waals surface area contributed by atoms with E-state index in [-0.39, 0.29) is 11.8 Å². The molecular weight excluding hydrogens is 410 g/mol. The number of aromatic nitrogens is 1. The predicted octanol–water partition coefficient (Wildman–Crippen LogP) is 4.31. The quantitative estimate of drug-likeness (QED) is 0.559. The molecular formula is C21H20ClN3O3S. The fourth-order valence-electron chi connectivity index (χ4n) is 2.62. The van der Waals surface area contributed by atoms with Crippen LogP contribution in [0.4, 0.5) is 5.13 Å². The highest BCUT2D eigenvalue weighted by molar-refractivity contribution is 7.14. The summed E-state index contributed by atoms with van der Waals surface area (Å²) in [6.45, 7) is 0.405. The Hall–Kier alpha value is -2.90. The molecule has 8 heteroatoms. The fourth-order valence-corrected chi connectivity index (χ4v) is 3.49. The molecule has 2 N–H and O–H groups in total. The number of methoxy groups -OCH3 is 1. The number of amides is 2. The summed E-state index contributed by atoms with van der Waals surface area (Å²) < 4.78 is 5.28. The van der Waals surface area contributed by atoms with Crippen molar-refractivity contribution in [2.75, 3.05) is 12.4 Å². The van der Waals surface area contributed by atoms with Crippen molar-refractivity contribution >= 4 is 39.9 Å². The molecule has 0 atom stereocenters. The minimum atomic E-state index is -0.253. The van der Waals surface area contributed by atoms with Crippen LogP contribution in [0.5, 0.6) is 5.75 Å². The van der Waals surface area contributed by atoms with Crippen LogP contribution in [0.25, 0.3) is 0 Å². The number of hydrogen-bond acceptors (Lipinski definition) is 5. The number of para-hydroxylation sites is 1. The number of nitrogens with one attached hydrogen (secondary N) is 2. The summed E-state index contributed by atoms with van der Waals surface area (Å²) in [7, 11) is 1.60. The van der Waals surface area contributed by atoms with Gasteiger partial charge in [0.15, 0.2) is 5.13 Å². The molecule has 2 aromatic carbocycles. The van der Waals surface area contributed by atoms with Crippen LogP contribution in [0.2, 0.25) is 5.02 Å². The van der Waals surface area contributed by atoms with Crippen LogP contribution in [0.15, 0.2) is 53.9 Å². The number of carbonyl (C=O) groups excluding carboxylic acids is 2. The summed E-state index contributed by atoms with van der Waals surface area (Å²) in [5.41, 5.74) is 2.18. The summed E-state index contributed by atoms with van der Waals surface area (Å²) in [5, 5.41) is 8.55. The zero-order chi connectivity index (χ0) is 20.6. The van der Waals surface area contributed by atoms with E-state index in [2.05, 4.69) is 15.6 Å². The van der Waals surface area contributed by atoms with Crippen molar-refractivity contribution in [2.24, 2.45) is 0 Å². The Morgan fingerprint density at radius 3 is 2.66 bits per heavy atom. The number of ether oxygens (including phenoxy) is 1. The third-order valence-electron chi connectivity index (χ3n) is 4.16. The Kier molecular flexibility index (Phi) is 7.21. The molecule has 1 aromatic heterocycles. The molecule has 0 radical (unpaired) electrons. The summed E-state index contributed by atoms with van der Waals surface area (Å²) in [6.07, 6.45) is 0.800. The van der Waals surface area contributed by atoms with E-state index >= 15 is 0 Å². The first kappa shape index (κ1) is 20.8. The maximum absolute atomic E-state index is 12.2. The van der Waals surface area contributed by atoms with Gasteiger partial charge in [-0.15, -0.1) is 11.3 Å². The van der Waals surface area contributed by atoms with E-state index in [1.807, 2.05) is 29.6 Å². The van der Waals surface area contributed by atoms with Gasteiger partial charge in [-0.1, -0.05) is 29.8 Å². The average molecular weight is 430 g/mol. The highest BCUT2D eigenvalue weighted by Gasteiger charge is 2.11. The van der Waals surface area contributed by atoms with Gasteiger partial charge in [0.1, 0.15) is 5.75 Å². The van der Waals surface area contributed by atoms with Gasteiger partial charge < -0.3 is 10.1 Å². The van der Waals surface area contributed by atoms with Crippen LogP contribution in [0.1, 0.15) is 28.0 Å². The summed E-state index contributed by atoms with van der Waals surface area (Å²) >= 11 is 7.16. The number of aryl methyl sites for hydroxylation is 1. The van der Waals surface area contributed by atoms with E-state index in [1.165, 1.54) is 11.3 Å². The second-order valence-corrected chi connectivity index (χ2v) is 7.49. The Balaban J connectivity index is 1.46. The van der Waals surface area contributed by atoms with E-state index in [0.29, 0.717) is 35.1 Å². The van der Waals surface area contributed by atoms with Crippen molar-refractivity contribution in [3.8, 4) is 5.75 Å². The number of carbonyl (C=O) groups is 2. The van der Waals surface area contributed by atoms with E-state index in [4.69, 9.17) is 16.3 Å². The Labute approximate surface area is 177 Å². The lowest BCUT2D eigenvalue weighted by molar-refractivity contribution is -0.121. The number of hydrogen-bond donors (Lipinski definition) is 2. The number of benzene rings is 2. The fraction of sp³-hybridized carbons (Fsp3) is 0.190. The highest BCUT2D eigenvalue weighted by atomic mass is 35.5. The van der Waals surface area contributed by atoms with Crippen LogP contribution in [0.3, 0.4) is 0 Å². The second-order valence-electron chi connectivity index (χ2n) is 6.19. The maximum Gasteiger partial charge on any atom is 0.257 e. The van der Waals surface area contributed by atoms with Gasteiger partial charge in [-0.2, -0.15) is 0 Å². The van der Waals surface area contributed by atoms with Gasteiger partial charge in [0.25, 0.3) is 5.91 Å². The standard InChI is InChI=1S/C21H20ClN3O3S/c1-28-18-5-3-2-4-15(18)12-23-19(26)11-10-17-13-29-21(24-17)25-20(27)14-6-8-16(22)9-7-14/h2-9,13H,10-12H2,1H3,(H,23,26)(H,24,25,27). The Morgan fingerprint density at radius 1 is 1.14 bits per heavy atom. The predicted molar refractivity (Wildman–Crippen MR) is 115 cm³/mol. The van der Waals surface area contributed by atoms with Gasteiger partial charge in [0.05, 0.1) is 12.8 Å². The van der Waals surface area contributed by atoms with Gasteiger partial charge >= 0.3 is 0 Å². The molecule has 0 saturated carbocycles. The SMILES string of the molecule is COc1ccccc1CNC(=O)CCc1csc(NC(=O)c2ccc(Cl)cc2)n1. The topological polar surface area (TPSA) is 80.3 Å². The molecule has 1 heterocycles. The minimum absolute atomic E-state index is 0.0735. The zero-order valence-corrected chi connectivity index (χ0v) is 17.3. The first-order valence-electron chi connectivity index (χ1n) is 8.95. The van der Waals surface area contributed by atoms with Crippen LogP contribution in [-0.4, -0.2) is 23.9 Å². The smallest absolute Gasteiger partial charge is 0.257 e. The van der Waals surface area contributed by atoms with Crippen molar-refractivity contribution in [3.63, 3.8) is 0 Å². The van der Waals surface area contributed by atoms with Crippen molar-refractivity contribution in [3.05, 3.63) is 75.8 Å². The molecule has 0 saturated heterocycles. The molecule has 0 spiro atoms. The first-order valence-corrected chi connectivity index (χ1v) is 10.2. The third-order valence-corrected chi connectivity index (χ3v) is 5.21. The lowest BCUT2D eigenvalue weighted by atomic mass is 10.2. The number of thiazole rings is 1. The number of halogens is 1. The van der Waals surface area contributed by atoms with Gasteiger partial charge in [-0.05, 0) is 36.8 Å². The highest BCUT2D eigenvalue weighted by Crippen LogP contribution is 2.19. The summed E-state index contributed by atoms with van der Waals surface area (Å²) in [6, 6.07) is 14.2. The van der Waals surface area contributed by atoms with Gasteiger partial charge in [0.2, 0.25) is 5.91 Å². The molecule has 6 nitrogen and oxygen atoms in total. The molecule has 0 unspecified atom stereocenters. The molecule has 0 aliphatic rings. The Morgan fingerprint density at radius 2 is 1.90 bits per heavy atom. The van der Waals surface area contributed by atoms with Crippen molar-refractivity contribution in [1.29, 1.82) is 0 Å². The summed E-state index contributed by atoms with van der Waals surface area (Å²) in [4.78, 5) is 28.7. The molecule has 0 bridgehead atoms. The molecule has 0 fully saturated rings. The molecule has 0 aliphatic heterocycles. The molecule has 2 amide bonds. The van der Waals surface area contributed by atoms with E-state index < -0.39 is 0 Å². The summed E-state index contributed by atoms with van der Waals surface area (Å²) in [5.74, 6) is 0.418. The van der Waals surface area contributed by atoms with Crippen molar-refractivity contribution in [2.45, 2.75) is 19.4 Å². The lowest BCUT2D eigenvalue weighted by Crippen LogP contribution is -2.23. The van der Waals surface area contributed by atoms with E-state index in [0.717, 1.165) is 17.0 Å². The van der Waals surface area contributed by atoms with E-state index in [1.54, 1.807) is 31.4 Å². The molecule has 3 rings (SSSR count). The minimum Gasteiger partial charge on any atom is -0.496 e. The van der Waals surface area contributed by atoms with Crippen LogP contribution >= 0.6 is 22.9 Å². The van der Waals surface area contributed by atoms with Gasteiger partial charge in [-0.3, -0.25) is 14.9 Å². The van der Waals surface area contributed by atoms with Crippen LogP contribution < -0.4 is 15.4 Å². The van der Waals surface area contributed by atoms with Gasteiger partial charge in [-0.25, -0.2) is 4.98 Å². The van der Waals surface area contributed by atoms with Crippen LogP contribution in [0, 0.1) is 0 Å². The molecule has 0 aliphatic carbocycles. The Bertz CT molecular complexity index is 989. The number of nitrogens with zero attached hydrogens (tertiary/aromatic N) is 1. The second kappa shape index (κ2) is 10.0. The van der Waals surface area contributed by atoms with Crippen LogP contribution in [-0.2, 0) is 17.8 Å². The number of rotatable bonds is 8. The zero-order valence-electron chi connectivity index (χ0n) is 15.8. The van der Waals surface area contributed by atoms with Crippen molar-refractivity contribution < 1.29 is 14.3 Å². The van der Waals surface area contributed by atoms with E-state index in [9.17, 15) is 9.59 Å².